The molecule has 0 aliphatic carbocycles. The van der Waals surface area contributed by atoms with E-state index in [2.05, 4.69) is 30.7 Å². The summed E-state index contributed by atoms with van der Waals surface area (Å²) in [6, 6.07) is 5.30. The van der Waals surface area contributed by atoms with Gasteiger partial charge in [-0.25, -0.2) is 4.98 Å². The molecule has 1 aliphatic rings. The van der Waals surface area contributed by atoms with Gasteiger partial charge in [-0.3, -0.25) is 14.3 Å². The molecule has 0 saturated carbocycles. The van der Waals surface area contributed by atoms with E-state index in [-0.39, 0.29) is 29.5 Å². The molecule has 1 aliphatic heterocycles. The summed E-state index contributed by atoms with van der Waals surface area (Å²) in [4.78, 5) is 23.3. The Bertz CT molecular complexity index is 771. The molecule has 0 radical (unpaired) electrons. The number of halogens is 1. The number of rotatable bonds is 2. The third-order valence-corrected chi connectivity index (χ3v) is 4.40. The van der Waals surface area contributed by atoms with E-state index in [1.807, 2.05) is 12.1 Å². The van der Waals surface area contributed by atoms with E-state index in [4.69, 9.17) is 9.72 Å². The predicted molar refractivity (Wildman–Crippen MR) is 101 cm³/mol. The van der Waals surface area contributed by atoms with E-state index in [1.54, 1.807) is 30.1 Å². The minimum atomic E-state index is -0.0642. The van der Waals surface area contributed by atoms with E-state index in [0.29, 0.717) is 18.2 Å². The quantitative estimate of drug-likeness (QED) is 0.819. The Morgan fingerprint density at radius 2 is 1.92 bits per heavy atom. The average molecular weight is 365 g/mol. The molecule has 0 spiro atoms. The maximum atomic E-state index is 12.4. The Morgan fingerprint density at radius 1 is 1.24 bits per heavy atom. The lowest BCUT2D eigenvalue weighted by Crippen LogP contribution is -2.49. The van der Waals surface area contributed by atoms with Crippen LogP contribution >= 0.6 is 12.4 Å². The van der Waals surface area contributed by atoms with Crippen LogP contribution < -0.4 is 10.5 Å². The Labute approximate surface area is 154 Å². The summed E-state index contributed by atoms with van der Waals surface area (Å²) in [7, 11) is 1.77. The van der Waals surface area contributed by atoms with Gasteiger partial charge in [0.05, 0.1) is 18.4 Å². The lowest BCUT2D eigenvalue weighted by Gasteiger charge is -2.40. The van der Waals surface area contributed by atoms with Crippen LogP contribution in [0.2, 0.25) is 0 Å². The molecular formula is C18H25ClN4O2. The van der Waals surface area contributed by atoms with Gasteiger partial charge in [-0.05, 0) is 17.5 Å². The molecule has 0 bridgehead atoms. The van der Waals surface area contributed by atoms with Crippen molar-refractivity contribution in [3.63, 3.8) is 0 Å². The molecule has 1 unspecified atom stereocenters. The smallest absolute Gasteiger partial charge is 0.255 e. The third kappa shape index (κ3) is 4.19. The molecule has 25 heavy (non-hydrogen) atoms. The van der Waals surface area contributed by atoms with E-state index >= 15 is 0 Å². The summed E-state index contributed by atoms with van der Waals surface area (Å²) in [5, 5.41) is 0. The minimum absolute atomic E-state index is 0. The van der Waals surface area contributed by atoms with E-state index < -0.39 is 0 Å². The summed E-state index contributed by atoms with van der Waals surface area (Å²) in [5.74, 6) is 0.687. The maximum Gasteiger partial charge on any atom is 0.255 e. The lowest BCUT2D eigenvalue weighted by molar-refractivity contribution is -0.0271. The van der Waals surface area contributed by atoms with Crippen molar-refractivity contribution < 1.29 is 4.74 Å². The Kier molecular flexibility index (Phi) is 5.85. The van der Waals surface area contributed by atoms with Crippen molar-refractivity contribution in [1.82, 2.24) is 14.5 Å². The van der Waals surface area contributed by atoms with Gasteiger partial charge in [0.1, 0.15) is 0 Å². The largest absolute Gasteiger partial charge is 0.374 e. The summed E-state index contributed by atoms with van der Waals surface area (Å²) in [6.07, 6.45) is 3.52. The number of hydrogen-bond acceptors (Lipinski definition) is 5. The Balaban J connectivity index is 0.00000225. The Morgan fingerprint density at radius 3 is 2.56 bits per heavy atom. The van der Waals surface area contributed by atoms with Crippen molar-refractivity contribution in [3.05, 3.63) is 40.9 Å². The zero-order chi connectivity index (χ0) is 17.3. The standard InChI is InChI=1S/C18H24N4O2.ClH/c1-18(2,3)15-12-22(9-10-24-15)17-20-14(11-16(23)21(17)4)13-5-7-19-8-6-13;/h5-8,11,15H,9-10,12H2,1-4H3;1H. The summed E-state index contributed by atoms with van der Waals surface area (Å²) in [5.41, 5.74) is 1.55. The SMILES string of the molecule is Cl.Cn1c(N2CCOC(C(C)(C)C)C2)nc(-c2ccncc2)cc1=O. The van der Waals surface area contributed by atoms with E-state index in [0.717, 1.165) is 18.7 Å². The molecule has 0 amide bonds. The first-order valence-corrected chi connectivity index (χ1v) is 8.21. The van der Waals surface area contributed by atoms with Crippen molar-refractivity contribution in [2.75, 3.05) is 24.6 Å². The molecule has 1 fully saturated rings. The molecule has 136 valence electrons. The average Bonchev–Trinajstić information content (AvgIpc) is 2.57. The first-order valence-electron chi connectivity index (χ1n) is 8.21. The highest BCUT2D eigenvalue weighted by atomic mass is 35.5. The predicted octanol–water partition coefficient (Wildman–Crippen LogP) is 2.52. The lowest BCUT2D eigenvalue weighted by atomic mass is 9.88. The first-order chi connectivity index (χ1) is 11.4. The highest BCUT2D eigenvalue weighted by molar-refractivity contribution is 5.85. The fraction of sp³-hybridized carbons (Fsp3) is 0.500. The van der Waals surface area contributed by atoms with E-state index in [1.165, 1.54) is 0 Å². The van der Waals surface area contributed by atoms with Gasteiger partial charge in [0, 0.05) is 44.2 Å². The molecule has 1 atom stereocenters. The third-order valence-electron chi connectivity index (χ3n) is 4.40. The molecule has 7 heteroatoms. The Hall–Kier alpha value is -1.92. The molecule has 3 heterocycles. The summed E-state index contributed by atoms with van der Waals surface area (Å²) < 4.78 is 7.52. The van der Waals surface area contributed by atoms with Crippen molar-refractivity contribution >= 4 is 18.4 Å². The van der Waals surface area contributed by atoms with Crippen molar-refractivity contribution in [2.24, 2.45) is 12.5 Å². The second-order valence-corrected chi connectivity index (χ2v) is 7.25. The zero-order valence-corrected chi connectivity index (χ0v) is 15.9. The molecule has 3 rings (SSSR count). The van der Waals surface area contributed by atoms with Crippen LogP contribution in [0.15, 0.2) is 35.4 Å². The van der Waals surface area contributed by atoms with Gasteiger partial charge in [0.15, 0.2) is 0 Å². The van der Waals surface area contributed by atoms with Gasteiger partial charge in [-0.1, -0.05) is 20.8 Å². The first kappa shape index (κ1) is 19.4. The van der Waals surface area contributed by atoms with Gasteiger partial charge in [-0.2, -0.15) is 0 Å². The van der Waals surface area contributed by atoms with Gasteiger partial charge in [0.25, 0.3) is 5.56 Å². The van der Waals surface area contributed by atoms with Gasteiger partial charge in [0.2, 0.25) is 5.95 Å². The molecule has 0 N–H and O–H groups in total. The van der Waals surface area contributed by atoms with Crippen molar-refractivity contribution in [3.8, 4) is 11.3 Å². The molecule has 1 saturated heterocycles. The number of ether oxygens (including phenoxy) is 1. The normalized spacial score (nSPS) is 17.9. The number of anilines is 1. The second kappa shape index (κ2) is 7.54. The number of aromatic nitrogens is 3. The van der Waals surface area contributed by atoms with Crippen molar-refractivity contribution in [2.45, 2.75) is 26.9 Å². The second-order valence-electron chi connectivity index (χ2n) is 7.25. The van der Waals surface area contributed by atoms with Crippen LogP contribution in [0.1, 0.15) is 20.8 Å². The van der Waals surface area contributed by atoms with Crippen LogP contribution in [0.25, 0.3) is 11.3 Å². The number of nitrogens with zero attached hydrogens (tertiary/aromatic N) is 4. The van der Waals surface area contributed by atoms with Gasteiger partial charge < -0.3 is 9.64 Å². The van der Waals surface area contributed by atoms with Crippen LogP contribution in [0, 0.1) is 5.41 Å². The number of hydrogen-bond donors (Lipinski definition) is 0. The molecule has 0 aromatic carbocycles. The monoisotopic (exact) mass is 364 g/mol. The fourth-order valence-electron chi connectivity index (χ4n) is 2.84. The number of pyridine rings is 1. The summed E-state index contributed by atoms with van der Waals surface area (Å²) in [6.45, 7) is 8.59. The minimum Gasteiger partial charge on any atom is -0.374 e. The van der Waals surface area contributed by atoms with Gasteiger partial charge in [-0.15, -0.1) is 12.4 Å². The molecule has 2 aromatic heterocycles. The highest BCUT2D eigenvalue weighted by Crippen LogP contribution is 2.27. The topological polar surface area (TPSA) is 60.2 Å². The van der Waals surface area contributed by atoms with Crippen LogP contribution in [0.4, 0.5) is 5.95 Å². The fourth-order valence-corrected chi connectivity index (χ4v) is 2.84. The van der Waals surface area contributed by atoms with Crippen LogP contribution in [0.5, 0.6) is 0 Å². The molecular weight excluding hydrogens is 340 g/mol. The summed E-state index contributed by atoms with van der Waals surface area (Å²) >= 11 is 0. The van der Waals surface area contributed by atoms with Crippen LogP contribution in [-0.4, -0.2) is 40.3 Å². The molecule has 2 aromatic rings. The van der Waals surface area contributed by atoms with Crippen LogP contribution in [0.3, 0.4) is 0 Å². The van der Waals surface area contributed by atoms with Gasteiger partial charge >= 0.3 is 0 Å². The zero-order valence-electron chi connectivity index (χ0n) is 15.1. The maximum absolute atomic E-state index is 12.4. The van der Waals surface area contributed by atoms with E-state index in [9.17, 15) is 4.79 Å². The molecule has 6 nitrogen and oxygen atoms in total. The van der Waals surface area contributed by atoms with Crippen LogP contribution in [-0.2, 0) is 11.8 Å². The number of morpholine rings is 1. The highest BCUT2D eigenvalue weighted by Gasteiger charge is 2.32. The van der Waals surface area contributed by atoms with Crippen molar-refractivity contribution in [1.29, 1.82) is 0 Å².